The van der Waals surface area contributed by atoms with Gasteiger partial charge in [0.2, 0.25) is 9.84 Å². The van der Waals surface area contributed by atoms with Gasteiger partial charge < -0.3 is 19.7 Å². The fraction of sp³-hybridized carbons (Fsp3) is 0.414. The molecule has 0 saturated carbocycles. The van der Waals surface area contributed by atoms with Crippen molar-refractivity contribution in [1.29, 1.82) is 0 Å². The first-order valence-corrected chi connectivity index (χ1v) is 14.4. The fourth-order valence-electron chi connectivity index (χ4n) is 4.88. The number of aliphatic hydroxyl groups excluding tert-OH is 1. The van der Waals surface area contributed by atoms with Gasteiger partial charge in [-0.05, 0) is 75.1 Å². The molecule has 3 aromatic rings. The molecular weight excluding hydrogens is 488 g/mol. The van der Waals surface area contributed by atoms with Crippen LogP contribution in [0.15, 0.2) is 65.6 Å². The number of carbonyl (C=O) groups is 1. The first-order valence-electron chi connectivity index (χ1n) is 12.8. The van der Waals surface area contributed by atoms with Gasteiger partial charge in [0, 0.05) is 23.7 Å². The lowest BCUT2D eigenvalue weighted by molar-refractivity contribution is 0.0912. The molecule has 0 bridgehead atoms. The molecule has 1 amide bonds. The molecule has 3 rings (SSSR count). The molecule has 0 aliphatic heterocycles. The zero-order valence-electron chi connectivity index (χ0n) is 22.3. The number of ether oxygens (including phenoxy) is 1. The summed E-state index contributed by atoms with van der Waals surface area (Å²) < 4.78 is 33.1. The second-order valence-electron chi connectivity index (χ2n) is 9.36. The first-order chi connectivity index (χ1) is 17.6. The van der Waals surface area contributed by atoms with Crippen LogP contribution in [0.2, 0.25) is 0 Å². The van der Waals surface area contributed by atoms with E-state index in [1.54, 1.807) is 37.3 Å². The van der Waals surface area contributed by atoms with Crippen LogP contribution in [0.25, 0.3) is 0 Å². The van der Waals surface area contributed by atoms with Gasteiger partial charge >= 0.3 is 0 Å². The standard InChI is InChI=1S/C29H38N2O5S/c1-6-29(7-2,27-17-15-25(31(27)8-3)28(33)30-22(5)19-32)23-14-16-26(21(4)18-23)36-20-37(34,35)24-12-10-9-11-13-24/h9-18,22,32H,6-8,19-20H2,1-5H3,(H,30,33)/t22-/m0/s1. The smallest absolute Gasteiger partial charge is 0.268 e. The number of carbonyl (C=O) groups excluding carboxylic acids is 1. The number of hydrogen-bond acceptors (Lipinski definition) is 5. The Kier molecular flexibility index (Phi) is 9.21. The van der Waals surface area contributed by atoms with Crippen LogP contribution in [-0.2, 0) is 21.8 Å². The van der Waals surface area contributed by atoms with Crippen molar-refractivity contribution in [3.05, 3.63) is 83.2 Å². The van der Waals surface area contributed by atoms with E-state index in [1.165, 1.54) is 0 Å². The maximum atomic E-state index is 12.9. The summed E-state index contributed by atoms with van der Waals surface area (Å²) in [5, 5.41) is 12.2. The van der Waals surface area contributed by atoms with Crippen molar-refractivity contribution in [2.24, 2.45) is 0 Å². The molecule has 1 aromatic heterocycles. The molecule has 0 radical (unpaired) electrons. The number of aromatic nitrogens is 1. The lowest BCUT2D eigenvalue weighted by Crippen LogP contribution is -2.37. The molecule has 1 heterocycles. The summed E-state index contributed by atoms with van der Waals surface area (Å²) in [6.45, 7) is 10.5. The van der Waals surface area contributed by atoms with Crippen molar-refractivity contribution in [3.8, 4) is 5.75 Å². The number of sulfone groups is 1. The fourth-order valence-corrected chi connectivity index (χ4v) is 5.87. The van der Waals surface area contributed by atoms with E-state index in [-0.39, 0.29) is 28.9 Å². The van der Waals surface area contributed by atoms with Gasteiger partial charge in [-0.2, -0.15) is 0 Å². The summed E-state index contributed by atoms with van der Waals surface area (Å²) >= 11 is 0. The Morgan fingerprint density at radius 1 is 1.05 bits per heavy atom. The number of hydrogen-bond donors (Lipinski definition) is 2. The maximum Gasteiger partial charge on any atom is 0.268 e. The monoisotopic (exact) mass is 526 g/mol. The number of nitrogens with zero attached hydrogens (tertiary/aromatic N) is 1. The molecule has 37 heavy (non-hydrogen) atoms. The van der Waals surface area contributed by atoms with Crippen molar-refractivity contribution in [2.75, 3.05) is 12.5 Å². The van der Waals surface area contributed by atoms with E-state index in [0.717, 1.165) is 29.7 Å². The first kappa shape index (κ1) is 28.5. The minimum Gasteiger partial charge on any atom is -0.477 e. The average molecular weight is 527 g/mol. The number of aliphatic hydroxyl groups is 1. The van der Waals surface area contributed by atoms with E-state index in [4.69, 9.17) is 4.74 Å². The Hall–Kier alpha value is -3.10. The summed E-state index contributed by atoms with van der Waals surface area (Å²) in [6, 6.07) is 17.7. The Bertz CT molecular complexity index is 1310. The number of aryl methyl sites for hydroxylation is 1. The van der Waals surface area contributed by atoms with Crippen LogP contribution in [0, 0.1) is 6.92 Å². The van der Waals surface area contributed by atoms with Crippen molar-refractivity contribution in [3.63, 3.8) is 0 Å². The third-order valence-electron chi connectivity index (χ3n) is 7.08. The number of amides is 1. The third kappa shape index (κ3) is 5.91. The van der Waals surface area contributed by atoms with Gasteiger partial charge in [0.25, 0.3) is 5.91 Å². The molecule has 200 valence electrons. The van der Waals surface area contributed by atoms with Crippen LogP contribution in [0.1, 0.15) is 67.8 Å². The molecule has 2 aromatic carbocycles. The quantitative estimate of drug-likeness (QED) is 0.352. The second-order valence-corrected chi connectivity index (χ2v) is 11.3. The molecule has 0 aliphatic carbocycles. The zero-order chi connectivity index (χ0) is 27.2. The third-order valence-corrected chi connectivity index (χ3v) is 8.50. The van der Waals surface area contributed by atoms with Crippen LogP contribution >= 0.6 is 0 Å². The SMILES string of the molecule is CCn1c(C(=O)N[C@@H](C)CO)ccc1C(CC)(CC)c1ccc(OCS(=O)(=O)c2ccccc2)c(C)c1. The molecule has 7 nitrogen and oxygen atoms in total. The molecule has 8 heteroatoms. The molecule has 0 aliphatic rings. The minimum absolute atomic E-state index is 0.125. The Morgan fingerprint density at radius 2 is 1.73 bits per heavy atom. The Morgan fingerprint density at radius 3 is 2.30 bits per heavy atom. The van der Waals surface area contributed by atoms with Gasteiger partial charge in [0.1, 0.15) is 11.4 Å². The van der Waals surface area contributed by atoms with E-state index in [0.29, 0.717) is 18.0 Å². The van der Waals surface area contributed by atoms with Gasteiger partial charge in [0.15, 0.2) is 5.94 Å². The van der Waals surface area contributed by atoms with E-state index in [2.05, 4.69) is 25.2 Å². The minimum atomic E-state index is -3.57. The maximum absolute atomic E-state index is 12.9. The highest BCUT2D eigenvalue weighted by Crippen LogP contribution is 2.41. The largest absolute Gasteiger partial charge is 0.477 e. The van der Waals surface area contributed by atoms with Gasteiger partial charge in [-0.25, -0.2) is 8.42 Å². The van der Waals surface area contributed by atoms with Gasteiger partial charge in [-0.3, -0.25) is 4.79 Å². The molecule has 1 atom stereocenters. The van der Waals surface area contributed by atoms with Gasteiger partial charge in [0.05, 0.1) is 11.5 Å². The lowest BCUT2D eigenvalue weighted by Gasteiger charge is -2.34. The van der Waals surface area contributed by atoms with E-state index in [1.807, 2.05) is 42.7 Å². The van der Waals surface area contributed by atoms with Crippen molar-refractivity contribution in [2.45, 2.75) is 70.4 Å². The van der Waals surface area contributed by atoms with E-state index < -0.39 is 15.8 Å². The zero-order valence-corrected chi connectivity index (χ0v) is 23.1. The summed E-state index contributed by atoms with van der Waals surface area (Å²) in [6.07, 6.45) is 1.62. The summed E-state index contributed by atoms with van der Waals surface area (Å²) in [7, 11) is -3.57. The van der Waals surface area contributed by atoms with Gasteiger partial charge in [-0.1, -0.05) is 44.2 Å². The molecule has 0 fully saturated rings. The van der Waals surface area contributed by atoms with Crippen LogP contribution in [0.5, 0.6) is 5.75 Å². The topological polar surface area (TPSA) is 97.6 Å². The molecule has 2 N–H and O–H groups in total. The van der Waals surface area contributed by atoms with Crippen LogP contribution in [0.3, 0.4) is 0 Å². The highest BCUT2D eigenvalue weighted by molar-refractivity contribution is 7.91. The molecule has 0 spiro atoms. The molecular formula is C29H38N2O5S. The normalized spacial score (nSPS) is 12.8. The highest BCUT2D eigenvalue weighted by Gasteiger charge is 2.35. The Labute approximate surface area is 220 Å². The number of rotatable bonds is 12. The Balaban J connectivity index is 1.93. The highest BCUT2D eigenvalue weighted by atomic mass is 32.2. The average Bonchev–Trinajstić information content (AvgIpc) is 3.34. The van der Waals surface area contributed by atoms with E-state index in [9.17, 15) is 18.3 Å². The number of nitrogens with one attached hydrogen (secondary N) is 1. The van der Waals surface area contributed by atoms with Crippen LogP contribution in [0.4, 0.5) is 0 Å². The second kappa shape index (κ2) is 12.0. The lowest BCUT2D eigenvalue weighted by atomic mass is 9.72. The number of benzene rings is 2. The van der Waals surface area contributed by atoms with Crippen LogP contribution in [-0.4, -0.2) is 42.6 Å². The van der Waals surface area contributed by atoms with Crippen molar-refractivity contribution >= 4 is 15.7 Å². The van der Waals surface area contributed by atoms with Gasteiger partial charge in [-0.15, -0.1) is 0 Å². The van der Waals surface area contributed by atoms with Crippen LogP contribution < -0.4 is 10.1 Å². The predicted molar refractivity (Wildman–Crippen MR) is 146 cm³/mol. The van der Waals surface area contributed by atoms with Crippen molar-refractivity contribution in [1.82, 2.24) is 9.88 Å². The molecule has 0 saturated heterocycles. The van der Waals surface area contributed by atoms with Crippen molar-refractivity contribution < 1.29 is 23.1 Å². The predicted octanol–water partition coefficient (Wildman–Crippen LogP) is 4.84. The summed E-state index contributed by atoms with van der Waals surface area (Å²) in [5.74, 6) is -0.128. The summed E-state index contributed by atoms with van der Waals surface area (Å²) in [5.41, 5.74) is 3.18. The van der Waals surface area contributed by atoms with E-state index >= 15 is 0 Å². The molecule has 0 unspecified atom stereocenters. The summed E-state index contributed by atoms with van der Waals surface area (Å²) in [4.78, 5) is 13.1.